The third kappa shape index (κ3) is 4.00. The van der Waals surface area contributed by atoms with Gasteiger partial charge in [-0.25, -0.2) is 4.79 Å². The number of ether oxygens (including phenoxy) is 1. The van der Waals surface area contributed by atoms with Gasteiger partial charge < -0.3 is 15.8 Å². The van der Waals surface area contributed by atoms with E-state index < -0.39 is 6.03 Å². The first-order chi connectivity index (χ1) is 6.29. The molecule has 0 aliphatic rings. The molecule has 0 aromatic heterocycles. The highest BCUT2D eigenvalue weighted by atomic mass is 16.5. The Morgan fingerprint density at radius 3 is 2.69 bits per heavy atom. The smallest absolute Gasteiger partial charge is 0.312 e. The monoisotopic (exact) mass is 180 g/mol. The maximum absolute atomic E-state index is 10.3. The van der Waals surface area contributed by atoms with E-state index in [1.165, 1.54) is 0 Å². The van der Waals surface area contributed by atoms with Crippen LogP contribution >= 0.6 is 0 Å². The number of hydrogen-bond donors (Lipinski definition) is 2. The number of para-hydroxylation sites is 1. The summed E-state index contributed by atoms with van der Waals surface area (Å²) in [6.07, 6.45) is 0. The molecule has 0 fully saturated rings. The zero-order valence-electron chi connectivity index (χ0n) is 7.19. The number of hydrogen-bond acceptors (Lipinski definition) is 2. The summed E-state index contributed by atoms with van der Waals surface area (Å²) in [5.74, 6) is 0.786. The lowest BCUT2D eigenvalue weighted by Crippen LogP contribution is -2.32. The fraction of sp³-hybridized carbons (Fsp3) is 0.222. The number of carbonyl (C=O) groups excluding carboxylic acids is 1. The fourth-order valence-corrected chi connectivity index (χ4v) is 0.860. The number of rotatable bonds is 4. The Morgan fingerprint density at radius 2 is 2.08 bits per heavy atom. The van der Waals surface area contributed by atoms with Crippen LogP contribution in [0, 0.1) is 0 Å². The van der Waals surface area contributed by atoms with E-state index in [2.05, 4.69) is 5.32 Å². The molecule has 3 N–H and O–H groups in total. The average molecular weight is 180 g/mol. The van der Waals surface area contributed by atoms with Crippen molar-refractivity contribution in [3.8, 4) is 5.75 Å². The predicted octanol–water partition coefficient (Wildman–Crippen LogP) is 0.734. The molecule has 70 valence electrons. The third-order valence-electron chi connectivity index (χ3n) is 1.41. The molecule has 0 spiro atoms. The van der Waals surface area contributed by atoms with Crippen LogP contribution in [0.25, 0.3) is 0 Å². The van der Waals surface area contributed by atoms with Gasteiger partial charge in [-0.15, -0.1) is 0 Å². The number of nitrogens with two attached hydrogens (primary N) is 1. The summed E-state index contributed by atoms with van der Waals surface area (Å²) in [6.45, 7) is 0.844. The van der Waals surface area contributed by atoms with E-state index >= 15 is 0 Å². The topological polar surface area (TPSA) is 64.4 Å². The highest BCUT2D eigenvalue weighted by Crippen LogP contribution is 2.07. The van der Waals surface area contributed by atoms with Crippen LogP contribution in [-0.2, 0) is 0 Å². The number of carbonyl (C=O) groups is 1. The van der Waals surface area contributed by atoms with Crippen molar-refractivity contribution in [2.24, 2.45) is 5.73 Å². The molecule has 0 saturated carbocycles. The van der Waals surface area contributed by atoms with E-state index in [4.69, 9.17) is 10.5 Å². The molecule has 13 heavy (non-hydrogen) atoms. The number of nitrogens with one attached hydrogen (secondary N) is 1. The highest BCUT2D eigenvalue weighted by molar-refractivity contribution is 5.71. The number of urea groups is 1. The second-order valence-electron chi connectivity index (χ2n) is 2.45. The van der Waals surface area contributed by atoms with Gasteiger partial charge in [0.05, 0.1) is 6.54 Å². The van der Waals surface area contributed by atoms with Gasteiger partial charge in [0, 0.05) is 0 Å². The minimum Gasteiger partial charge on any atom is -0.492 e. The zero-order valence-corrected chi connectivity index (χ0v) is 7.19. The molecule has 4 nitrogen and oxygen atoms in total. The minimum absolute atomic E-state index is 0.421. The zero-order chi connectivity index (χ0) is 9.52. The molecule has 4 heteroatoms. The summed E-state index contributed by atoms with van der Waals surface area (Å²) in [6, 6.07) is 8.85. The van der Waals surface area contributed by atoms with Crippen molar-refractivity contribution in [3.63, 3.8) is 0 Å². The van der Waals surface area contributed by atoms with Gasteiger partial charge in [-0.05, 0) is 12.1 Å². The van der Waals surface area contributed by atoms with Gasteiger partial charge in [0.2, 0.25) is 0 Å². The van der Waals surface area contributed by atoms with Crippen molar-refractivity contribution in [1.29, 1.82) is 0 Å². The van der Waals surface area contributed by atoms with Gasteiger partial charge in [0.15, 0.2) is 0 Å². The Kier molecular flexibility index (Phi) is 3.63. The normalized spacial score (nSPS) is 9.23. The molecule has 0 heterocycles. The van der Waals surface area contributed by atoms with Crippen LogP contribution in [0.15, 0.2) is 30.3 Å². The van der Waals surface area contributed by atoms with Crippen molar-refractivity contribution in [3.05, 3.63) is 30.3 Å². The molecule has 0 unspecified atom stereocenters. The molecule has 1 aromatic carbocycles. The fourth-order valence-electron chi connectivity index (χ4n) is 0.860. The van der Waals surface area contributed by atoms with E-state index in [0.717, 1.165) is 5.75 Å². The summed E-state index contributed by atoms with van der Waals surface area (Å²) in [5.41, 5.74) is 4.87. The van der Waals surface area contributed by atoms with E-state index in [1.54, 1.807) is 0 Å². The minimum atomic E-state index is -0.531. The molecular weight excluding hydrogens is 168 g/mol. The van der Waals surface area contributed by atoms with Crippen molar-refractivity contribution in [2.45, 2.75) is 0 Å². The second kappa shape index (κ2) is 5.03. The largest absolute Gasteiger partial charge is 0.492 e. The predicted molar refractivity (Wildman–Crippen MR) is 49.5 cm³/mol. The maximum atomic E-state index is 10.3. The SMILES string of the molecule is NC(=O)NCCOc1ccccc1. The van der Waals surface area contributed by atoms with Crippen LogP contribution < -0.4 is 15.8 Å². The maximum Gasteiger partial charge on any atom is 0.312 e. The summed E-state index contributed by atoms with van der Waals surface area (Å²) >= 11 is 0. The molecule has 2 amide bonds. The van der Waals surface area contributed by atoms with Crippen LogP contribution in [0.2, 0.25) is 0 Å². The molecule has 1 aromatic rings. The van der Waals surface area contributed by atoms with E-state index in [9.17, 15) is 4.79 Å². The van der Waals surface area contributed by atoms with Gasteiger partial charge in [-0.2, -0.15) is 0 Å². The van der Waals surface area contributed by atoms with E-state index in [0.29, 0.717) is 13.2 Å². The third-order valence-corrected chi connectivity index (χ3v) is 1.41. The molecule has 0 aliphatic heterocycles. The average Bonchev–Trinajstić information content (AvgIpc) is 2.14. The highest BCUT2D eigenvalue weighted by Gasteiger charge is 1.92. The Balaban J connectivity index is 2.17. The lowest BCUT2D eigenvalue weighted by molar-refractivity contribution is 0.244. The molecule has 0 atom stereocenters. The van der Waals surface area contributed by atoms with Gasteiger partial charge in [0.25, 0.3) is 0 Å². The standard InChI is InChI=1S/C9H12N2O2/c10-9(12)11-6-7-13-8-4-2-1-3-5-8/h1-5H,6-7H2,(H3,10,11,12). The lowest BCUT2D eigenvalue weighted by atomic mass is 10.3. The molecule has 1 rings (SSSR count). The Bertz CT molecular complexity index is 262. The van der Waals surface area contributed by atoms with Crippen LogP contribution in [0.1, 0.15) is 0 Å². The summed E-state index contributed by atoms with van der Waals surface area (Å²) in [4.78, 5) is 10.3. The lowest BCUT2D eigenvalue weighted by Gasteiger charge is -2.05. The second-order valence-corrected chi connectivity index (χ2v) is 2.45. The first-order valence-electron chi connectivity index (χ1n) is 4.00. The van der Waals surface area contributed by atoms with Gasteiger partial charge >= 0.3 is 6.03 Å². The Morgan fingerprint density at radius 1 is 1.38 bits per heavy atom. The van der Waals surface area contributed by atoms with Gasteiger partial charge in [-0.3, -0.25) is 0 Å². The van der Waals surface area contributed by atoms with Crippen molar-refractivity contribution in [2.75, 3.05) is 13.2 Å². The van der Waals surface area contributed by atoms with Crippen molar-refractivity contribution in [1.82, 2.24) is 5.32 Å². The van der Waals surface area contributed by atoms with E-state index in [1.807, 2.05) is 30.3 Å². The van der Waals surface area contributed by atoms with Crippen LogP contribution in [-0.4, -0.2) is 19.2 Å². The first-order valence-corrected chi connectivity index (χ1v) is 4.00. The number of amides is 2. The Labute approximate surface area is 76.7 Å². The van der Waals surface area contributed by atoms with Crippen LogP contribution in [0.5, 0.6) is 5.75 Å². The van der Waals surface area contributed by atoms with Crippen molar-refractivity contribution >= 4 is 6.03 Å². The van der Waals surface area contributed by atoms with E-state index in [-0.39, 0.29) is 0 Å². The first kappa shape index (κ1) is 9.38. The summed E-state index contributed by atoms with van der Waals surface area (Å²) in [5, 5.41) is 2.43. The Hall–Kier alpha value is -1.71. The van der Waals surface area contributed by atoms with Gasteiger partial charge in [-0.1, -0.05) is 18.2 Å². The molecule has 0 bridgehead atoms. The van der Waals surface area contributed by atoms with Crippen LogP contribution in [0.4, 0.5) is 4.79 Å². The summed E-state index contributed by atoms with van der Waals surface area (Å²) < 4.78 is 5.29. The molecule has 0 saturated heterocycles. The number of benzene rings is 1. The summed E-state index contributed by atoms with van der Waals surface area (Å²) in [7, 11) is 0. The van der Waals surface area contributed by atoms with Crippen LogP contribution in [0.3, 0.4) is 0 Å². The molecular formula is C9H12N2O2. The number of primary amides is 1. The van der Waals surface area contributed by atoms with Crippen molar-refractivity contribution < 1.29 is 9.53 Å². The molecule has 0 aliphatic carbocycles. The van der Waals surface area contributed by atoms with Gasteiger partial charge in [0.1, 0.15) is 12.4 Å². The molecule has 0 radical (unpaired) electrons. The quantitative estimate of drug-likeness (QED) is 0.671.